The standard InChI is InChI=1S/C19H21N3O7S/c1-19(2,3)29-14(23)9-22(4)30(27,28)10-5-6-13-11(7-10)15-12(18(25)26)8-20-16(15)17(24)21-13/h5-8,20H,9H2,1-4H3,(H,21,24)(H,25,26). The van der Waals surface area contributed by atoms with Gasteiger partial charge in [0.25, 0.3) is 5.56 Å². The Morgan fingerprint density at radius 1 is 1.23 bits per heavy atom. The number of aromatic carboxylic acids is 1. The molecule has 30 heavy (non-hydrogen) atoms. The molecule has 0 saturated carbocycles. The van der Waals surface area contributed by atoms with Crippen molar-refractivity contribution in [1.82, 2.24) is 14.3 Å². The van der Waals surface area contributed by atoms with Gasteiger partial charge in [0.2, 0.25) is 10.0 Å². The fraction of sp³-hybridized carbons (Fsp3) is 0.316. The number of carbonyl (C=O) groups excluding carboxylic acids is 1. The lowest BCUT2D eigenvalue weighted by Crippen LogP contribution is -2.36. The highest BCUT2D eigenvalue weighted by Crippen LogP contribution is 2.28. The van der Waals surface area contributed by atoms with Gasteiger partial charge in [-0.2, -0.15) is 4.31 Å². The predicted molar refractivity (Wildman–Crippen MR) is 109 cm³/mol. The van der Waals surface area contributed by atoms with Gasteiger partial charge in [0.05, 0.1) is 10.5 Å². The first-order valence-electron chi connectivity index (χ1n) is 8.90. The van der Waals surface area contributed by atoms with Crippen LogP contribution in [-0.2, 0) is 19.6 Å². The van der Waals surface area contributed by atoms with Crippen LogP contribution in [-0.4, -0.2) is 58.9 Å². The Hall–Kier alpha value is -3.18. The minimum Gasteiger partial charge on any atom is -0.478 e. The van der Waals surface area contributed by atoms with E-state index in [1.807, 2.05) is 0 Å². The van der Waals surface area contributed by atoms with E-state index in [4.69, 9.17) is 4.74 Å². The summed E-state index contributed by atoms with van der Waals surface area (Å²) in [4.78, 5) is 40.8. The molecule has 0 amide bonds. The molecule has 3 rings (SSSR count). The Bertz CT molecular complexity index is 1330. The number of rotatable bonds is 5. The fourth-order valence-corrected chi connectivity index (χ4v) is 4.20. The largest absolute Gasteiger partial charge is 0.478 e. The van der Waals surface area contributed by atoms with E-state index in [1.165, 1.54) is 31.4 Å². The summed E-state index contributed by atoms with van der Waals surface area (Å²) in [7, 11) is -2.85. The molecule has 160 valence electrons. The monoisotopic (exact) mass is 435 g/mol. The minimum absolute atomic E-state index is 0.0246. The summed E-state index contributed by atoms with van der Waals surface area (Å²) in [5.74, 6) is -1.97. The number of carboxylic acid groups (broad SMARTS) is 1. The van der Waals surface area contributed by atoms with E-state index < -0.39 is 39.7 Å². The van der Waals surface area contributed by atoms with E-state index in [0.717, 1.165) is 4.31 Å². The second kappa shape index (κ2) is 7.26. The number of H-pyrrole nitrogens is 2. The molecule has 11 heteroatoms. The lowest BCUT2D eigenvalue weighted by atomic mass is 10.1. The van der Waals surface area contributed by atoms with E-state index >= 15 is 0 Å². The third kappa shape index (κ3) is 3.94. The van der Waals surface area contributed by atoms with Gasteiger partial charge in [-0.15, -0.1) is 0 Å². The van der Waals surface area contributed by atoms with Gasteiger partial charge in [-0.25, -0.2) is 13.2 Å². The molecule has 2 aromatic heterocycles. The van der Waals surface area contributed by atoms with Crippen molar-refractivity contribution < 1.29 is 27.9 Å². The van der Waals surface area contributed by atoms with Gasteiger partial charge in [0.15, 0.2) is 0 Å². The molecular formula is C19H21N3O7S. The van der Waals surface area contributed by atoms with Gasteiger partial charge in [-0.05, 0) is 39.0 Å². The van der Waals surface area contributed by atoms with E-state index in [0.29, 0.717) is 0 Å². The number of nitrogens with zero attached hydrogens (tertiary/aromatic N) is 1. The van der Waals surface area contributed by atoms with Crippen molar-refractivity contribution in [2.45, 2.75) is 31.3 Å². The van der Waals surface area contributed by atoms with Crippen molar-refractivity contribution in [3.05, 3.63) is 40.3 Å². The summed E-state index contributed by atoms with van der Waals surface area (Å²) < 4.78 is 31.9. The van der Waals surface area contributed by atoms with Crippen LogP contribution in [0.1, 0.15) is 31.1 Å². The molecule has 2 heterocycles. The Morgan fingerprint density at radius 2 is 1.90 bits per heavy atom. The lowest BCUT2D eigenvalue weighted by Gasteiger charge is -2.22. The molecule has 3 aromatic rings. The quantitative estimate of drug-likeness (QED) is 0.516. The number of likely N-dealkylation sites (N-methyl/N-ethyl adjacent to an activating group) is 1. The zero-order valence-electron chi connectivity index (χ0n) is 16.8. The molecule has 3 N–H and O–H groups in total. The number of ether oxygens (including phenoxy) is 1. The number of aromatic amines is 2. The van der Waals surface area contributed by atoms with Crippen LogP contribution in [0.25, 0.3) is 21.8 Å². The number of nitrogens with one attached hydrogen (secondary N) is 2. The van der Waals surface area contributed by atoms with Crippen LogP contribution in [0.3, 0.4) is 0 Å². The van der Waals surface area contributed by atoms with E-state index in [-0.39, 0.29) is 32.3 Å². The lowest BCUT2D eigenvalue weighted by molar-refractivity contribution is -0.154. The van der Waals surface area contributed by atoms with Crippen molar-refractivity contribution in [2.75, 3.05) is 13.6 Å². The summed E-state index contributed by atoms with van der Waals surface area (Å²) in [6.07, 6.45) is 1.18. The SMILES string of the molecule is CN(CC(=O)OC(C)(C)C)S(=O)(=O)c1ccc2[nH]c(=O)c3[nH]cc(C(=O)O)c3c2c1. The van der Waals surface area contributed by atoms with Crippen LogP contribution in [0.2, 0.25) is 0 Å². The summed E-state index contributed by atoms with van der Waals surface area (Å²) in [5, 5.41) is 9.77. The zero-order valence-corrected chi connectivity index (χ0v) is 17.6. The molecule has 0 bridgehead atoms. The molecule has 0 saturated heterocycles. The highest BCUT2D eigenvalue weighted by Gasteiger charge is 2.27. The van der Waals surface area contributed by atoms with Crippen LogP contribution >= 0.6 is 0 Å². The van der Waals surface area contributed by atoms with Gasteiger partial charge in [0, 0.05) is 29.5 Å². The molecule has 0 atom stereocenters. The van der Waals surface area contributed by atoms with E-state index in [9.17, 15) is 27.9 Å². The molecule has 0 aliphatic carbocycles. The summed E-state index contributed by atoms with van der Waals surface area (Å²) in [6.45, 7) is 4.52. The van der Waals surface area contributed by atoms with Gasteiger partial charge in [-0.1, -0.05) is 0 Å². The molecule has 0 radical (unpaired) electrons. The highest BCUT2D eigenvalue weighted by atomic mass is 32.2. The van der Waals surface area contributed by atoms with E-state index in [2.05, 4.69) is 9.97 Å². The first-order chi connectivity index (χ1) is 13.8. The van der Waals surface area contributed by atoms with Gasteiger partial charge in [0.1, 0.15) is 17.7 Å². The predicted octanol–water partition coefficient (Wildman–Crippen LogP) is 1.67. The summed E-state index contributed by atoms with van der Waals surface area (Å²) in [6, 6.07) is 3.93. The Balaban J connectivity index is 2.10. The normalized spacial score (nSPS) is 12.6. The second-order valence-electron chi connectivity index (χ2n) is 7.77. The second-order valence-corrected chi connectivity index (χ2v) is 9.81. The molecular weight excluding hydrogens is 414 g/mol. The third-order valence-corrected chi connectivity index (χ3v) is 6.13. The first-order valence-corrected chi connectivity index (χ1v) is 10.3. The molecule has 0 unspecified atom stereocenters. The van der Waals surface area contributed by atoms with Crippen molar-refractivity contribution in [3.8, 4) is 0 Å². The van der Waals surface area contributed by atoms with Crippen LogP contribution < -0.4 is 5.56 Å². The maximum absolute atomic E-state index is 13.0. The van der Waals surface area contributed by atoms with Crippen LogP contribution in [0, 0.1) is 0 Å². The molecule has 0 fully saturated rings. The number of hydrogen-bond acceptors (Lipinski definition) is 6. The number of fused-ring (bicyclic) bond motifs is 3. The van der Waals surface area contributed by atoms with Crippen molar-refractivity contribution in [2.24, 2.45) is 0 Å². The van der Waals surface area contributed by atoms with Crippen molar-refractivity contribution >= 4 is 43.8 Å². The number of benzene rings is 1. The van der Waals surface area contributed by atoms with Crippen LogP contribution in [0.5, 0.6) is 0 Å². The van der Waals surface area contributed by atoms with Gasteiger partial charge < -0.3 is 19.8 Å². The molecule has 1 aromatic carbocycles. The molecule has 0 aliphatic rings. The first kappa shape index (κ1) is 21.5. The number of pyridine rings is 1. The average molecular weight is 435 g/mol. The smallest absolute Gasteiger partial charge is 0.337 e. The summed E-state index contributed by atoms with van der Waals surface area (Å²) >= 11 is 0. The number of aromatic nitrogens is 2. The van der Waals surface area contributed by atoms with Gasteiger partial charge >= 0.3 is 11.9 Å². The average Bonchev–Trinajstić information content (AvgIpc) is 3.06. The molecule has 0 aliphatic heterocycles. The van der Waals surface area contributed by atoms with E-state index in [1.54, 1.807) is 20.8 Å². The Kier molecular flexibility index (Phi) is 5.21. The number of hydrogen-bond donors (Lipinski definition) is 3. The number of esters is 1. The number of sulfonamides is 1. The zero-order chi connectivity index (χ0) is 22.4. The fourth-order valence-electron chi connectivity index (χ4n) is 3.06. The van der Waals surface area contributed by atoms with Crippen molar-refractivity contribution in [3.63, 3.8) is 0 Å². The highest BCUT2D eigenvalue weighted by molar-refractivity contribution is 7.89. The third-order valence-electron chi connectivity index (χ3n) is 4.33. The van der Waals surface area contributed by atoms with Crippen LogP contribution in [0.15, 0.2) is 34.1 Å². The summed E-state index contributed by atoms with van der Waals surface area (Å²) in [5.41, 5.74) is -1.14. The van der Waals surface area contributed by atoms with Crippen LogP contribution in [0.4, 0.5) is 0 Å². The number of carbonyl (C=O) groups is 2. The number of carboxylic acids is 1. The molecule has 10 nitrogen and oxygen atoms in total. The topological polar surface area (TPSA) is 150 Å². The maximum atomic E-state index is 13.0. The van der Waals surface area contributed by atoms with Gasteiger partial charge in [-0.3, -0.25) is 9.59 Å². The van der Waals surface area contributed by atoms with Crippen molar-refractivity contribution in [1.29, 1.82) is 0 Å². The molecule has 0 spiro atoms. The Morgan fingerprint density at radius 3 is 2.50 bits per heavy atom. The maximum Gasteiger partial charge on any atom is 0.337 e. The Labute approximate surface area is 171 Å². The minimum atomic E-state index is -4.09.